The Morgan fingerprint density at radius 3 is 2.88 bits per heavy atom. The molecule has 0 bridgehead atoms. The van der Waals surface area contributed by atoms with Gasteiger partial charge in [-0.05, 0) is 17.7 Å². The second-order valence-corrected chi connectivity index (χ2v) is 4.61. The molecule has 0 saturated heterocycles. The Balaban J connectivity index is 2.05. The average Bonchev–Trinajstić information content (AvgIpc) is 2.29. The SMILES string of the molecule is Nc1cc(Cl)ccc1CSc1cnccn1. The number of thioether (sulfide) groups is 1. The third kappa shape index (κ3) is 2.87. The Hall–Kier alpha value is -1.26. The van der Waals surface area contributed by atoms with Gasteiger partial charge in [0.05, 0.1) is 6.20 Å². The first-order valence-corrected chi connectivity index (χ1v) is 6.05. The zero-order chi connectivity index (χ0) is 11.4. The van der Waals surface area contributed by atoms with Crippen LogP contribution in [0.3, 0.4) is 0 Å². The highest BCUT2D eigenvalue weighted by molar-refractivity contribution is 7.98. The third-order valence-corrected chi connectivity index (χ3v) is 3.22. The van der Waals surface area contributed by atoms with Gasteiger partial charge in [0.25, 0.3) is 0 Å². The number of nitrogens with zero attached hydrogens (tertiary/aromatic N) is 2. The first-order valence-electron chi connectivity index (χ1n) is 4.68. The van der Waals surface area contributed by atoms with E-state index in [0.29, 0.717) is 10.7 Å². The van der Waals surface area contributed by atoms with E-state index in [4.69, 9.17) is 17.3 Å². The zero-order valence-electron chi connectivity index (χ0n) is 8.43. The van der Waals surface area contributed by atoms with Crippen LogP contribution in [0, 0.1) is 0 Å². The molecule has 1 aromatic carbocycles. The van der Waals surface area contributed by atoms with Gasteiger partial charge < -0.3 is 5.73 Å². The van der Waals surface area contributed by atoms with Crippen molar-refractivity contribution in [1.82, 2.24) is 9.97 Å². The van der Waals surface area contributed by atoms with Crippen LogP contribution in [0.5, 0.6) is 0 Å². The number of hydrogen-bond acceptors (Lipinski definition) is 4. The van der Waals surface area contributed by atoms with E-state index in [1.807, 2.05) is 12.1 Å². The molecule has 2 N–H and O–H groups in total. The highest BCUT2D eigenvalue weighted by atomic mass is 35.5. The maximum atomic E-state index is 5.85. The summed E-state index contributed by atoms with van der Waals surface area (Å²) in [5.41, 5.74) is 7.62. The van der Waals surface area contributed by atoms with Crippen LogP contribution < -0.4 is 5.73 Å². The predicted octanol–water partition coefficient (Wildman–Crippen LogP) is 3.00. The molecule has 0 aliphatic carbocycles. The van der Waals surface area contributed by atoms with Crippen LogP contribution in [-0.4, -0.2) is 9.97 Å². The molecular weight excluding hydrogens is 242 g/mol. The van der Waals surface area contributed by atoms with Gasteiger partial charge in [0, 0.05) is 28.9 Å². The highest BCUT2D eigenvalue weighted by Crippen LogP contribution is 2.25. The third-order valence-electron chi connectivity index (χ3n) is 2.02. The molecule has 1 aromatic heterocycles. The molecule has 0 atom stereocenters. The van der Waals surface area contributed by atoms with E-state index in [1.165, 1.54) is 0 Å². The molecule has 2 rings (SSSR count). The van der Waals surface area contributed by atoms with Crippen LogP contribution in [0.4, 0.5) is 5.69 Å². The summed E-state index contributed by atoms with van der Waals surface area (Å²) < 4.78 is 0. The largest absolute Gasteiger partial charge is 0.398 e. The van der Waals surface area contributed by atoms with Gasteiger partial charge in [-0.2, -0.15) is 0 Å². The summed E-state index contributed by atoms with van der Waals surface area (Å²) in [6.45, 7) is 0. The molecule has 0 aliphatic heterocycles. The van der Waals surface area contributed by atoms with Gasteiger partial charge >= 0.3 is 0 Å². The van der Waals surface area contributed by atoms with Gasteiger partial charge in [0.2, 0.25) is 0 Å². The lowest BCUT2D eigenvalue weighted by atomic mass is 10.2. The smallest absolute Gasteiger partial charge is 0.115 e. The molecule has 3 nitrogen and oxygen atoms in total. The summed E-state index contributed by atoms with van der Waals surface area (Å²) in [5.74, 6) is 0.766. The minimum Gasteiger partial charge on any atom is -0.398 e. The number of halogens is 1. The standard InChI is InChI=1S/C11H10ClN3S/c12-9-2-1-8(10(13)5-9)7-16-11-6-14-3-4-15-11/h1-6H,7,13H2. The maximum Gasteiger partial charge on any atom is 0.115 e. The summed E-state index contributed by atoms with van der Waals surface area (Å²) >= 11 is 7.42. The molecule has 0 unspecified atom stereocenters. The summed E-state index contributed by atoms with van der Waals surface area (Å²) in [5, 5.41) is 1.54. The number of nitrogen functional groups attached to an aromatic ring is 1. The fourth-order valence-electron chi connectivity index (χ4n) is 1.21. The summed E-state index contributed by atoms with van der Waals surface area (Å²) in [6, 6.07) is 5.53. The topological polar surface area (TPSA) is 51.8 Å². The normalized spacial score (nSPS) is 10.3. The van der Waals surface area contributed by atoms with Gasteiger partial charge in [-0.25, -0.2) is 4.98 Å². The second-order valence-electron chi connectivity index (χ2n) is 3.18. The van der Waals surface area contributed by atoms with Crippen LogP contribution in [0.25, 0.3) is 0 Å². The van der Waals surface area contributed by atoms with Gasteiger partial charge in [-0.15, -0.1) is 11.8 Å². The highest BCUT2D eigenvalue weighted by Gasteiger charge is 2.02. The van der Waals surface area contributed by atoms with E-state index < -0.39 is 0 Å². The number of anilines is 1. The lowest BCUT2D eigenvalue weighted by molar-refractivity contribution is 1.05. The Morgan fingerprint density at radius 1 is 1.31 bits per heavy atom. The van der Waals surface area contributed by atoms with Gasteiger partial charge in [0.15, 0.2) is 0 Å². The monoisotopic (exact) mass is 251 g/mol. The maximum absolute atomic E-state index is 5.85. The molecule has 0 spiro atoms. The summed E-state index contributed by atoms with van der Waals surface area (Å²) in [6.07, 6.45) is 5.06. The molecule has 5 heteroatoms. The Kier molecular flexibility index (Phi) is 3.64. The van der Waals surface area contributed by atoms with Crippen molar-refractivity contribution in [2.75, 3.05) is 5.73 Å². The second kappa shape index (κ2) is 5.18. The number of benzene rings is 1. The van der Waals surface area contributed by atoms with Gasteiger partial charge in [-0.3, -0.25) is 4.98 Å². The molecule has 2 aromatic rings. The molecule has 0 saturated carbocycles. The van der Waals surface area contributed by atoms with Crippen molar-refractivity contribution in [2.45, 2.75) is 10.8 Å². The van der Waals surface area contributed by atoms with Crippen LogP contribution in [-0.2, 0) is 5.75 Å². The van der Waals surface area contributed by atoms with E-state index in [-0.39, 0.29) is 0 Å². The van der Waals surface area contributed by atoms with Crippen molar-refractivity contribution in [3.63, 3.8) is 0 Å². The first-order chi connectivity index (χ1) is 7.75. The number of nitrogens with two attached hydrogens (primary N) is 1. The molecule has 0 amide bonds. The quantitative estimate of drug-likeness (QED) is 0.673. The van der Waals surface area contributed by atoms with Crippen LogP contribution in [0.2, 0.25) is 5.02 Å². The van der Waals surface area contributed by atoms with Crippen LogP contribution in [0.15, 0.2) is 41.8 Å². The van der Waals surface area contributed by atoms with Crippen molar-refractivity contribution >= 4 is 29.1 Å². The van der Waals surface area contributed by atoms with E-state index in [9.17, 15) is 0 Å². The van der Waals surface area contributed by atoms with E-state index >= 15 is 0 Å². The fraction of sp³-hybridized carbons (Fsp3) is 0.0909. The minimum absolute atomic E-state index is 0.658. The number of hydrogen-bond donors (Lipinski definition) is 1. The van der Waals surface area contributed by atoms with E-state index in [2.05, 4.69) is 9.97 Å². The first kappa shape index (κ1) is 11.2. The lowest BCUT2D eigenvalue weighted by Gasteiger charge is -2.05. The van der Waals surface area contributed by atoms with Crippen molar-refractivity contribution in [3.8, 4) is 0 Å². The molecule has 1 heterocycles. The molecule has 0 fully saturated rings. The predicted molar refractivity (Wildman–Crippen MR) is 67.5 cm³/mol. The van der Waals surface area contributed by atoms with Crippen molar-refractivity contribution in [1.29, 1.82) is 0 Å². The Labute approximate surface area is 103 Å². The van der Waals surface area contributed by atoms with Crippen molar-refractivity contribution < 1.29 is 0 Å². The Bertz CT molecular complexity index is 476. The number of aromatic nitrogens is 2. The summed E-state index contributed by atoms with van der Waals surface area (Å²) in [4.78, 5) is 8.17. The molecular formula is C11H10ClN3S. The lowest BCUT2D eigenvalue weighted by Crippen LogP contribution is -1.92. The molecule has 0 aliphatic rings. The molecule has 16 heavy (non-hydrogen) atoms. The van der Waals surface area contributed by atoms with Crippen molar-refractivity contribution in [2.24, 2.45) is 0 Å². The number of rotatable bonds is 3. The van der Waals surface area contributed by atoms with Gasteiger partial charge in [-0.1, -0.05) is 17.7 Å². The van der Waals surface area contributed by atoms with E-state index in [1.54, 1.807) is 36.4 Å². The van der Waals surface area contributed by atoms with Crippen LogP contribution in [0.1, 0.15) is 5.56 Å². The molecule has 0 radical (unpaired) electrons. The Morgan fingerprint density at radius 2 is 2.19 bits per heavy atom. The van der Waals surface area contributed by atoms with Crippen LogP contribution >= 0.6 is 23.4 Å². The summed E-state index contributed by atoms with van der Waals surface area (Å²) in [7, 11) is 0. The van der Waals surface area contributed by atoms with Crippen molar-refractivity contribution in [3.05, 3.63) is 47.4 Å². The average molecular weight is 252 g/mol. The molecule has 82 valence electrons. The fourth-order valence-corrected chi connectivity index (χ4v) is 2.23. The minimum atomic E-state index is 0.658. The van der Waals surface area contributed by atoms with Gasteiger partial charge in [0.1, 0.15) is 5.03 Å². The zero-order valence-corrected chi connectivity index (χ0v) is 10.0. The van der Waals surface area contributed by atoms with E-state index in [0.717, 1.165) is 16.3 Å².